The Hall–Kier alpha value is -2.38. The Morgan fingerprint density at radius 3 is 2.32 bits per heavy atom. The predicted molar refractivity (Wildman–Crippen MR) is 82.8 cm³/mol. The number of hydrogen-bond donors (Lipinski definition) is 2. The first-order chi connectivity index (χ1) is 11.4. The third-order valence-corrected chi connectivity index (χ3v) is 3.33. The molecule has 3 rings (SSSR count). The zero-order valence-corrected chi connectivity index (χ0v) is 17.1. The number of phenols is 1. The summed E-state index contributed by atoms with van der Waals surface area (Å²) in [5.41, 5.74) is -1.48. The van der Waals surface area contributed by atoms with Crippen molar-refractivity contribution in [2.45, 2.75) is 0 Å². The molecule has 0 fully saturated rings. The van der Waals surface area contributed by atoms with Crippen LogP contribution in [0.1, 0.15) is 0 Å². The zero-order valence-electron chi connectivity index (χ0n) is 12.4. The van der Waals surface area contributed by atoms with Crippen molar-refractivity contribution < 1.29 is 59.0 Å². The van der Waals surface area contributed by atoms with Crippen molar-refractivity contribution in [3.05, 3.63) is 67.0 Å². The maximum atomic E-state index is 12.1. The van der Waals surface area contributed by atoms with Gasteiger partial charge in [0.2, 0.25) is 0 Å². The number of benzene rings is 2. The maximum Gasteiger partial charge on any atom is 0.346 e. The molecule has 0 saturated heterocycles. The largest absolute Gasteiger partial charge is 0.508 e. The van der Waals surface area contributed by atoms with Gasteiger partial charge in [0.1, 0.15) is 11.6 Å². The molecule has 0 spiro atoms. The fourth-order valence-electron chi connectivity index (χ4n) is 2.23. The molecule has 25 heavy (non-hydrogen) atoms. The molecule has 0 bridgehead atoms. The number of nitrogens with one attached hydrogen (secondary N) is 1. The molecule has 10 nitrogen and oxygen atoms in total. The van der Waals surface area contributed by atoms with Crippen LogP contribution in [-0.4, -0.2) is 24.9 Å². The van der Waals surface area contributed by atoms with Crippen LogP contribution in [0.4, 0.5) is 11.4 Å². The molecular formula is C14H8AcN4O6. The molecule has 0 aliphatic rings. The summed E-state index contributed by atoms with van der Waals surface area (Å²) in [6.07, 6.45) is 0. The average molecular weight is 555 g/mol. The first-order valence-corrected chi connectivity index (χ1v) is 6.53. The minimum atomic E-state index is -0.876. The number of phenolic OH excluding ortho intramolecular Hbond substituents is 1. The summed E-state index contributed by atoms with van der Waals surface area (Å²) in [5.74, 6) is -0.0790. The first kappa shape index (κ1) is 19.0. The van der Waals surface area contributed by atoms with Crippen LogP contribution in [-0.2, 0) is 0 Å². The number of hydrogen-bond acceptors (Lipinski definition) is 7. The molecule has 0 aliphatic heterocycles. The van der Waals surface area contributed by atoms with Gasteiger partial charge >= 0.3 is 11.4 Å². The summed E-state index contributed by atoms with van der Waals surface area (Å²) in [7, 11) is 0. The van der Waals surface area contributed by atoms with Crippen LogP contribution in [0.15, 0.2) is 41.2 Å². The maximum absolute atomic E-state index is 12.1. The van der Waals surface area contributed by atoms with Crippen LogP contribution >= 0.6 is 0 Å². The van der Waals surface area contributed by atoms with Gasteiger partial charge in [-0.15, -0.1) is 0 Å². The molecule has 3 aromatic rings. The van der Waals surface area contributed by atoms with Gasteiger partial charge in [-0.25, -0.2) is 4.98 Å². The van der Waals surface area contributed by atoms with E-state index in [9.17, 15) is 30.1 Å². The summed E-state index contributed by atoms with van der Waals surface area (Å²) >= 11 is 0. The summed E-state index contributed by atoms with van der Waals surface area (Å²) in [6.45, 7) is 0. The van der Waals surface area contributed by atoms with Crippen LogP contribution < -0.4 is 5.56 Å². The summed E-state index contributed by atoms with van der Waals surface area (Å²) in [4.78, 5) is 38.8. The van der Waals surface area contributed by atoms with E-state index in [2.05, 4.69) is 9.97 Å². The third-order valence-electron chi connectivity index (χ3n) is 3.33. The first-order valence-electron chi connectivity index (χ1n) is 6.53. The molecule has 0 amide bonds. The van der Waals surface area contributed by atoms with Crippen molar-refractivity contribution in [1.82, 2.24) is 9.97 Å². The van der Waals surface area contributed by atoms with Crippen LogP contribution in [0.25, 0.3) is 22.3 Å². The van der Waals surface area contributed by atoms with Gasteiger partial charge in [-0.2, -0.15) is 0 Å². The van der Waals surface area contributed by atoms with Gasteiger partial charge in [-0.3, -0.25) is 25.0 Å². The van der Waals surface area contributed by atoms with E-state index in [0.29, 0.717) is 0 Å². The van der Waals surface area contributed by atoms with Gasteiger partial charge in [0.05, 0.1) is 20.7 Å². The Morgan fingerprint density at radius 1 is 1.00 bits per heavy atom. The van der Waals surface area contributed by atoms with E-state index < -0.39 is 26.8 Å². The van der Waals surface area contributed by atoms with Crippen LogP contribution in [0.2, 0.25) is 0 Å². The van der Waals surface area contributed by atoms with Crippen molar-refractivity contribution in [2.24, 2.45) is 0 Å². The van der Waals surface area contributed by atoms with E-state index in [0.717, 1.165) is 12.1 Å². The van der Waals surface area contributed by atoms with Crippen molar-refractivity contribution in [3.8, 4) is 17.1 Å². The summed E-state index contributed by atoms with van der Waals surface area (Å²) in [5, 5.41) is 31.4. The molecule has 0 saturated carbocycles. The Morgan fingerprint density at radius 2 is 1.68 bits per heavy atom. The van der Waals surface area contributed by atoms with Crippen molar-refractivity contribution in [2.75, 3.05) is 0 Å². The number of nitro benzene ring substituents is 2. The van der Waals surface area contributed by atoms with Gasteiger partial charge in [-0.05, 0) is 24.3 Å². The number of fused-ring (bicyclic) bond motifs is 1. The van der Waals surface area contributed by atoms with Gasteiger partial charge in [0.25, 0.3) is 5.56 Å². The average Bonchev–Trinajstić information content (AvgIpc) is 2.54. The van der Waals surface area contributed by atoms with Crippen LogP contribution in [0, 0.1) is 64.3 Å². The number of aromatic amines is 1. The molecule has 0 unspecified atom stereocenters. The minimum absolute atomic E-state index is 0. The number of nitro groups is 2. The van der Waals surface area contributed by atoms with Crippen molar-refractivity contribution >= 4 is 22.3 Å². The quantitative estimate of drug-likeness (QED) is 0.371. The van der Waals surface area contributed by atoms with Gasteiger partial charge < -0.3 is 10.1 Å². The zero-order chi connectivity index (χ0) is 17.4. The number of rotatable bonds is 3. The number of H-pyrrole nitrogens is 1. The fourth-order valence-corrected chi connectivity index (χ4v) is 2.23. The second-order valence-electron chi connectivity index (χ2n) is 4.83. The molecule has 123 valence electrons. The third kappa shape index (κ3) is 3.67. The standard InChI is InChI=1S/C14H8N4O6.Ac/c19-8-2-3-10-9(6-8)14(20)16-13(15-10)7-1-4-11(17(21)22)12(5-7)18(23)24;/h1-6,19H,(H,15,16,20);. The van der Waals surface area contributed by atoms with E-state index in [1.165, 1.54) is 24.3 Å². The van der Waals surface area contributed by atoms with Crippen molar-refractivity contribution in [3.63, 3.8) is 0 Å². The molecule has 2 aromatic carbocycles. The molecule has 1 heterocycles. The molecule has 0 aliphatic carbocycles. The molecule has 11 heteroatoms. The molecule has 2 N–H and O–H groups in total. The van der Waals surface area contributed by atoms with E-state index in [1.807, 2.05) is 0 Å². The van der Waals surface area contributed by atoms with E-state index >= 15 is 0 Å². The molecule has 0 atom stereocenters. The Labute approximate surface area is 174 Å². The van der Waals surface area contributed by atoms with E-state index in [4.69, 9.17) is 0 Å². The second kappa shape index (κ2) is 7.25. The van der Waals surface area contributed by atoms with Gasteiger partial charge in [0.15, 0.2) is 0 Å². The topological polar surface area (TPSA) is 152 Å². The Bertz CT molecular complexity index is 1060. The van der Waals surface area contributed by atoms with Crippen LogP contribution in [0.3, 0.4) is 0 Å². The van der Waals surface area contributed by atoms with E-state index in [-0.39, 0.29) is 72.1 Å². The number of aromatic hydroxyl groups is 1. The predicted octanol–water partition coefficient (Wildman–Crippen LogP) is 2.11. The molecule has 1 aromatic heterocycles. The van der Waals surface area contributed by atoms with E-state index in [1.54, 1.807) is 0 Å². The smallest absolute Gasteiger partial charge is 0.346 e. The normalized spacial score (nSPS) is 10.2. The monoisotopic (exact) mass is 555 g/mol. The Balaban J connectivity index is 0.00000225. The summed E-state index contributed by atoms with van der Waals surface area (Å²) in [6, 6.07) is 7.22. The number of aromatic nitrogens is 2. The van der Waals surface area contributed by atoms with Gasteiger partial charge in [-0.1, -0.05) is 0 Å². The fraction of sp³-hybridized carbons (Fsp3) is 0. The van der Waals surface area contributed by atoms with Crippen LogP contribution in [0.5, 0.6) is 5.75 Å². The molecular weight excluding hydrogens is 547 g/mol. The van der Waals surface area contributed by atoms with Gasteiger partial charge in [0, 0.05) is 61.8 Å². The van der Waals surface area contributed by atoms with Crippen molar-refractivity contribution in [1.29, 1.82) is 0 Å². The second-order valence-corrected chi connectivity index (χ2v) is 4.83. The summed E-state index contributed by atoms with van der Waals surface area (Å²) < 4.78 is 0. The number of nitrogens with zero attached hydrogens (tertiary/aromatic N) is 3. The molecule has 1 radical (unpaired) electrons. The Kier molecular flexibility index (Phi) is 5.49. The SMILES string of the molecule is O=c1[nH]c(-c2ccc([N+](=O)[O-])c([N+](=O)[O-])c2)nc2ccc(O)cc12.[Ac]. The minimum Gasteiger partial charge on any atom is -0.508 e.